The Hall–Kier alpha value is -1.43. The highest BCUT2D eigenvalue weighted by atomic mass is 35.5. The van der Waals surface area contributed by atoms with Crippen molar-refractivity contribution in [3.05, 3.63) is 29.8 Å². The molecule has 0 aromatic heterocycles. The summed E-state index contributed by atoms with van der Waals surface area (Å²) in [6, 6.07) is 4.18. The summed E-state index contributed by atoms with van der Waals surface area (Å²) >= 11 is 5.53. The van der Waals surface area contributed by atoms with Gasteiger partial charge < -0.3 is 4.74 Å². The quantitative estimate of drug-likeness (QED) is 0.563. The second-order valence-corrected chi connectivity index (χ2v) is 4.82. The fraction of sp³-hybridized carbons (Fsp3) is 0.500. The highest BCUT2D eigenvalue weighted by molar-refractivity contribution is 6.17. The maximum absolute atomic E-state index is 12.4. The van der Waals surface area contributed by atoms with Crippen molar-refractivity contribution >= 4 is 23.4 Å². The van der Waals surface area contributed by atoms with Crippen molar-refractivity contribution in [2.75, 3.05) is 17.8 Å². The van der Waals surface area contributed by atoms with E-state index in [1.807, 2.05) is 0 Å². The molecule has 0 saturated carbocycles. The van der Waals surface area contributed by atoms with Crippen LogP contribution in [-0.4, -0.2) is 18.6 Å². The Morgan fingerprint density at radius 3 is 2.29 bits per heavy atom. The van der Waals surface area contributed by atoms with Crippen LogP contribution in [0.1, 0.15) is 31.2 Å². The summed E-state index contributed by atoms with van der Waals surface area (Å²) in [6.45, 7) is 0.273. The fourth-order valence-corrected chi connectivity index (χ4v) is 1.80. The standard InChI is InChI=1S/C14H17ClF3NO2/c15-9-3-1-2-4-10-21-13(20)19-12-7-5-11(6-8-12)14(16,17)18/h5-8H,1-4,9-10H2,(H,19,20). The summed E-state index contributed by atoms with van der Waals surface area (Å²) in [5, 5.41) is 2.37. The Bertz CT molecular complexity index is 435. The third-order valence-corrected chi connectivity index (χ3v) is 2.99. The summed E-state index contributed by atoms with van der Waals surface area (Å²) in [7, 11) is 0. The summed E-state index contributed by atoms with van der Waals surface area (Å²) < 4.78 is 42.0. The van der Waals surface area contributed by atoms with Crippen LogP contribution in [0.25, 0.3) is 0 Å². The van der Waals surface area contributed by atoms with Gasteiger partial charge >= 0.3 is 12.3 Å². The zero-order valence-corrected chi connectivity index (χ0v) is 12.1. The van der Waals surface area contributed by atoms with Crippen molar-refractivity contribution in [1.82, 2.24) is 0 Å². The third-order valence-electron chi connectivity index (χ3n) is 2.72. The molecule has 0 bridgehead atoms. The molecule has 0 atom stereocenters. The second kappa shape index (κ2) is 8.77. The summed E-state index contributed by atoms with van der Waals surface area (Å²) in [6.07, 6.45) is -1.50. The van der Waals surface area contributed by atoms with Crippen LogP contribution in [-0.2, 0) is 10.9 Å². The number of amides is 1. The van der Waals surface area contributed by atoms with E-state index >= 15 is 0 Å². The first-order valence-electron chi connectivity index (χ1n) is 6.60. The van der Waals surface area contributed by atoms with Crippen molar-refractivity contribution < 1.29 is 22.7 Å². The number of hydrogen-bond acceptors (Lipinski definition) is 2. The lowest BCUT2D eigenvalue weighted by atomic mass is 10.2. The number of alkyl halides is 4. The molecule has 1 rings (SSSR count). The predicted octanol–water partition coefficient (Wildman–Crippen LogP) is 5.05. The zero-order chi connectivity index (χ0) is 15.7. The van der Waals surface area contributed by atoms with E-state index in [2.05, 4.69) is 5.32 Å². The van der Waals surface area contributed by atoms with Crippen molar-refractivity contribution in [2.45, 2.75) is 31.9 Å². The van der Waals surface area contributed by atoms with Gasteiger partial charge in [-0.25, -0.2) is 4.79 Å². The van der Waals surface area contributed by atoms with E-state index in [-0.39, 0.29) is 12.3 Å². The molecule has 1 amide bonds. The van der Waals surface area contributed by atoms with Gasteiger partial charge in [0.2, 0.25) is 0 Å². The molecule has 1 N–H and O–H groups in total. The van der Waals surface area contributed by atoms with Gasteiger partial charge in [0.05, 0.1) is 12.2 Å². The number of nitrogens with one attached hydrogen (secondary N) is 1. The number of hydrogen-bond donors (Lipinski definition) is 1. The Labute approximate surface area is 126 Å². The van der Waals surface area contributed by atoms with E-state index in [0.717, 1.165) is 37.8 Å². The highest BCUT2D eigenvalue weighted by Crippen LogP contribution is 2.29. The van der Waals surface area contributed by atoms with Crippen LogP contribution in [0.4, 0.5) is 23.7 Å². The molecule has 0 heterocycles. The molecule has 0 unspecified atom stereocenters. The fourth-order valence-electron chi connectivity index (χ4n) is 1.61. The predicted molar refractivity (Wildman–Crippen MR) is 75.6 cm³/mol. The maximum atomic E-state index is 12.4. The molecule has 0 radical (unpaired) electrons. The Morgan fingerprint density at radius 1 is 1.10 bits per heavy atom. The van der Waals surface area contributed by atoms with Crippen LogP contribution >= 0.6 is 11.6 Å². The molecular weight excluding hydrogens is 307 g/mol. The highest BCUT2D eigenvalue weighted by Gasteiger charge is 2.29. The van der Waals surface area contributed by atoms with Gasteiger partial charge in [0.25, 0.3) is 0 Å². The lowest BCUT2D eigenvalue weighted by molar-refractivity contribution is -0.137. The number of unbranched alkanes of at least 4 members (excludes halogenated alkanes) is 3. The van der Waals surface area contributed by atoms with Gasteiger partial charge in [0.1, 0.15) is 0 Å². The van der Waals surface area contributed by atoms with Crippen LogP contribution in [0, 0.1) is 0 Å². The van der Waals surface area contributed by atoms with Crippen molar-refractivity contribution in [1.29, 1.82) is 0 Å². The Balaban J connectivity index is 2.28. The molecule has 0 saturated heterocycles. The van der Waals surface area contributed by atoms with Gasteiger partial charge in [0.15, 0.2) is 0 Å². The first-order chi connectivity index (χ1) is 9.93. The van der Waals surface area contributed by atoms with E-state index < -0.39 is 17.8 Å². The van der Waals surface area contributed by atoms with Crippen molar-refractivity contribution in [2.24, 2.45) is 0 Å². The molecule has 118 valence electrons. The van der Waals surface area contributed by atoms with Gasteiger partial charge in [-0.1, -0.05) is 12.8 Å². The molecule has 0 fully saturated rings. The monoisotopic (exact) mass is 323 g/mol. The number of rotatable bonds is 7. The van der Waals surface area contributed by atoms with E-state index in [1.165, 1.54) is 12.1 Å². The van der Waals surface area contributed by atoms with E-state index in [9.17, 15) is 18.0 Å². The topological polar surface area (TPSA) is 38.3 Å². The molecule has 0 aliphatic heterocycles. The van der Waals surface area contributed by atoms with Crippen LogP contribution < -0.4 is 5.32 Å². The lowest BCUT2D eigenvalue weighted by Gasteiger charge is -2.09. The van der Waals surface area contributed by atoms with E-state index in [1.54, 1.807) is 0 Å². The third kappa shape index (κ3) is 7.22. The molecular formula is C14H17ClF3NO2. The van der Waals surface area contributed by atoms with Crippen molar-refractivity contribution in [3.63, 3.8) is 0 Å². The van der Waals surface area contributed by atoms with E-state index in [0.29, 0.717) is 5.88 Å². The minimum Gasteiger partial charge on any atom is -0.449 e. The van der Waals surface area contributed by atoms with Crippen LogP contribution in [0.5, 0.6) is 0 Å². The number of ether oxygens (including phenoxy) is 1. The molecule has 21 heavy (non-hydrogen) atoms. The minimum absolute atomic E-state index is 0.259. The van der Waals surface area contributed by atoms with Gasteiger partial charge in [0, 0.05) is 11.6 Å². The largest absolute Gasteiger partial charge is 0.449 e. The maximum Gasteiger partial charge on any atom is 0.416 e. The number of benzene rings is 1. The molecule has 7 heteroatoms. The molecule has 1 aromatic rings. The summed E-state index contributed by atoms with van der Waals surface area (Å²) in [4.78, 5) is 11.4. The number of anilines is 1. The normalized spacial score (nSPS) is 11.2. The Morgan fingerprint density at radius 2 is 1.71 bits per heavy atom. The second-order valence-electron chi connectivity index (χ2n) is 4.44. The number of carbonyl (C=O) groups is 1. The summed E-state index contributed by atoms with van der Waals surface area (Å²) in [5.74, 6) is 0.620. The average Bonchev–Trinajstić information content (AvgIpc) is 2.42. The number of halogens is 4. The first kappa shape index (κ1) is 17.6. The van der Waals surface area contributed by atoms with E-state index in [4.69, 9.17) is 16.3 Å². The smallest absolute Gasteiger partial charge is 0.416 e. The van der Waals surface area contributed by atoms with Crippen LogP contribution in [0.2, 0.25) is 0 Å². The molecule has 0 spiro atoms. The zero-order valence-electron chi connectivity index (χ0n) is 11.4. The minimum atomic E-state index is -4.39. The van der Waals surface area contributed by atoms with Crippen LogP contribution in [0.3, 0.4) is 0 Å². The molecule has 3 nitrogen and oxygen atoms in total. The van der Waals surface area contributed by atoms with Crippen molar-refractivity contribution in [3.8, 4) is 0 Å². The SMILES string of the molecule is O=C(Nc1ccc(C(F)(F)F)cc1)OCCCCCCCl. The van der Waals surface area contributed by atoms with Gasteiger partial charge in [-0.05, 0) is 37.1 Å². The average molecular weight is 324 g/mol. The van der Waals surface area contributed by atoms with Gasteiger partial charge in [-0.2, -0.15) is 13.2 Å². The Kier molecular flexibility index (Phi) is 7.36. The first-order valence-corrected chi connectivity index (χ1v) is 7.14. The molecule has 0 aliphatic rings. The lowest BCUT2D eigenvalue weighted by Crippen LogP contribution is -2.14. The summed E-state index contributed by atoms with van der Waals surface area (Å²) in [5.41, 5.74) is -0.504. The van der Waals surface area contributed by atoms with Gasteiger partial charge in [-0.3, -0.25) is 5.32 Å². The molecule has 0 aliphatic carbocycles. The van der Waals surface area contributed by atoms with Crippen LogP contribution in [0.15, 0.2) is 24.3 Å². The molecule has 1 aromatic carbocycles. The number of carbonyl (C=O) groups excluding carboxylic acids is 1. The van der Waals surface area contributed by atoms with Gasteiger partial charge in [-0.15, -0.1) is 11.6 Å².